The van der Waals surface area contributed by atoms with Gasteiger partial charge in [-0.05, 0) is 24.3 Å². The fraction of sp³-hybridized carbons (Fsp3) is 0.250. The fourth-order valence-corrected chi connectivity index (χ4v) is 2.34. The lowest BCUT2D eigenvalue weighted by molar-refractivity contribution is 0.142. The molecule has 0 aliphatic carbocycles. The third-order valence-electron chi connectivity index (χ3n) is 3.01. The van der Waals surface area contributed by atoms with Crippen LogP contribution < -0.4 is 4.74 Å². The van der Waals surface area contributed by atoms with E-state index in [0.29, 0.717) is 29.0 Å². The highest BCUT2D eigenvalue weighted by molar-refractivity contribution is 9.10. The van der Waals surface area contributed by atoms with Gasteiger partial charge in [0.2, 0.25) is 0 Å². The average Bonchev–Trinajstić information content (AvgIpc) is 2.50. The quantitative estimate of drug-likeness (QED) is 0.804. The van der Waals surface area contributed by atoms with E-state index in [2.05, 4.69) is 15.9 Å². The molecule has 0 aliphatic heterocycles. The normalized spacial score (nSPS) is 12.2. The van der Waals surface area contributed by atoms with Crippen LogP contribution in [0.4, 0.5) is 4.39 Å². The first-order valence-corrected chi connectivity index (χ1v) is 7.26. The zero-order valence-corrected chi connectivity index (χ0v) is 13.1. The van der Waals surface area contributed by atoms with Crippen LogP contribution in [0.25, 0.3) is 0 Å². The topological polar surface area (TPSA) is 38.7 Å². The smallest absolute Gasteiger partial charge is 0.129 e. The molecule has 2 rings (SSSR count). The van der Waals surface area contributed by atoms with Gasteiger partial charge in [-0.2, -0.15) is 0 Å². The van der Waals surface area contributed by atoms with E-state index in [9.17, 15) is 9.50 Å². The maximum absolute atomic E-state index is 13.9. The molecule has 0 bridgehead atoms. The van der Waals surface area contributed by atoms with Crippen LogP contribution in [-0.4, -0.2) is 25.4 Å². The fourth-order valence-electron chi connectivity index (χ4n) is 1.96. The Bertz CT molecular complexity index is 604. The predicted octanol–water partition coefficient (Wildman–Crippen LogP) is 3.70. The molecule has 0 radical (unpaired) electrons. The van der Waals surface area contributed by atoms with Gasteiger partial charge >= 0.3 is 0 Å². The van der Waals surface area contributed by atoms with Crippen LogP contribution in [0, 0.1) is 5.82 Å². The molecule has 0 aliphatic rings. The van der Waals surface area contributed by atoms with Gasteiger partial charge in [0, 0.05) is 22.7 Å². The number of methoxy groups -OCH3 is 1. The minimum absolute atomic E-state index is 0.201. The zero-order valence-electron chi connectivity index (χ0n) is 11.6. The molecule has 0 spiro atoms. The summed E-state index contributed by atoms with van der Waals surface area (Å²) in [7, 11) is 1.58. The number of rotatable bonds is 6. The van der Waals surface area contributed by atoms with Crippen molar-refractivity contribution >= 4 is 15.9 Å². The zero-order chi connectivity index (χ0) is 15.2. The van der Waals surface area contributed by atoms with Crippen LogP contribution in [0.1, 0.15) is 17.2 Å². The maximum Gasteiger partial charge on any atom is 0.129 e. The second-order valence-electron chi connectivity index (χ2n) is 4.45. The predicted molar refractivity (Wildman–Crippen MR) is 82.0 cm³/mol. The summed E-state index contributed by atoms with van der Waals surface area (Å²) in [5.41, 5.74) is 0.720. The van der Waals surface area contributed by atoms with Crippen LogP contribution in [-0.2, 0) is 4.74 Å². The van der Waals surface area contributed by atoms with Crippen LogP contribution in [0.5, 0.6) is 5.75 Å². The number of ether oxygens (including phenoxy) is 2. The molecular weight excluding hydrogens is 339 g/mol. The van der Waals surface area contributed by atoms with E-state index in [1.165, 1.54) is 6.07 Å². The Morgan fingerprint density at radius 1 is 1.14 bits per heavy atom. The largest absolute Gasteiger partial charge is 0.491 e. The van der Waals surface area contributed by atoms with E-state index in [-0.39, 0.29) is 5.56 Å². The Hall–Kier alpha value is -1.43. The van der Waals surface area contributed by atoms with Crippen molar-refractivity contribution in [2.45, 2.75) is 6.10 Å². The van der Waals surface area contributed by atoms with Crippen molar-refractivity contribution < 1.29 is 19.0 Å². The molecule has 0 fully saturated rings. The van der Waals surface area contributed by atoms with Crippen molar-refractivity contribution in [3.8, 4) is 5.75 Å². The maximum atomic E-state index is 13.9. The van der Waals surface area contributed by atoms with E-state index in [4.69, 9.17) is 9.47 Å². The number of para-hydroxylation sites is 1. The molecule has 2 aromatic carbocycles. The Labute approximate surface area is 131 Å². The standard InChI is InChI=1S/C16H16BrFO3/c1-20-8-9-21-15-5-3-2-4-12(15)16(19)13-10-11(17)6-7-14(13)18/h2-7,10,16,19H,8-9H2,1H3. The Kier molecular flexibility index (Phi) is 5.73. The molecule has 1 unspecified atom stereocenters. The summed E-state index contributed by atoms with van der Waals surface area (Å²) in [5, 5.41) is 10.5. The number of hydrogen-bond donors (Lipinski definition) is 1. The minimum atomic E-state index is -1.10. The molecule has 3 nitrogen and oxygen atoms in total. The Morgan fingerprint density at radius 3 is 2.67 bits per heavy atom. The first-order valence-electron chi connectivity index (χ1n) is 6.47. The summed E-state index contributed by atoms with van der Waals surface area (Å²) in [6.07, 6.45) is -1.10. The highest BCUT2D eigenvalue weighted by atomic mass is 79.9. The second kappa shape index (κ2) is 7.54. The van der Waals surface area contributed by atoms with Crippen molar-refractivity contribution in [2.75, 3.05) is 20.3 Å². The van der Waals surface area contributed by atoms with Gasteiger partial charge in [0.1, 0.15) is 24.3 Å². The van der Waals surface area contributed by atoms with E-state index in [0.717, 1.165) is 0 Å². The number of halogens is 2. The van der Waals surface area contributed by atoms with Gasteiger partial charge in [0.25, 0.3) is 0 Å². The van der Waals surface area contributed by atoms with E-state index in [1.807, 2.05) is 0 Å². The Balaban J connectivity index is 2.30. The minimum Gasteiger partial charge on any atom is -0.491 e. The van der Waals surface area contributed by atoms with Crippen molar-refractivity contribution in [1.82, 2.24) is 0 Å². The van der Waals surface area contributed by atoms with Gasteiger partial charge in [-0.3, -0.25) is 0 Å². The molecule has 0 heterocycles. The first-order chi connectivity index (χ1) is 10.1. The molecule has 112 valence electrons. The van der Waals surface area contributed by atoms with Gasteiger partial charge in [0.15, 0.2) is 0 Å². The molecule has 0 saturated heterocycles. The summed E-state index contributed by atoms with van der Waals surface area (Å²) in [5.74, 6) is 0.0545. The molecule has 5 heteroatoms. The third kappa shape index (κ3) is 4.03. The van der Waals surface area contributed by atoms with Crippen molar-refractivity contribution in [3.63, 3.8) is 0 Å². The number of aliphatic hydroxyl groups excluding tert-OH is 1. The van der Waals surface area contributed by atoms with Crippen molar-refractivity contribution in [3.05, 3.63) is 63.9 Å². The molecular formula is C16H16BrFO3. The van der Waals surface area contributed by atoms with Gasteiger partial charge in [-0.25, -0.2) is 4.39 Å². The van der Waals surface area contributed by atoms with Crippen LogP contribution in [0.2, 0.25) is 0 Å². The van der Waals surface area contributed by atoms with Crippen LogP contribution in [0.3, 0.4) is 0 Å². The SMILES string of the molecule is COCCOc1ccccc1C(O)c1cc(Br)ccc1F. The van der Waals surface area contributed by atoms with Crippen molar-refractivity contribution in [1.29, 1.82) is 0 Å². The second-order valence-corrected chi connectivity index (χ2v) is 5.36. The van der Waals surface area contributed by atoms with E-state index < -0.39 is 11.9 Å². The first kappa shape index (κ1) is 15.9. The lowest BCUT2D eigenvalue weighted by Gasteiger charge is -2.17. The Morgan fingerprint density at radius 2 is 1.90 bits per heavy atom. The lowest BCUT2D eigenvalue weighted by atomic mass is 10.0. The number of aliphatic hydroxyl groups is 1. The van der Waals surface area contributed by atoms with E-state index >= 15 is 0 Å². The van der Waals surface area contributed by atoms with Crippen LogP contribution in [0.15, 0.2) is 46.9 Å². The molecule has 0 aromatic heterocycles. The molecule has 0 saturated carbocycles. The summed E-state index contributed by atoms with van der Waals surface area (Å²) in [6.45, 7) is 0.802. The summed E-state index contributed by atoms with van der Waals surface area (Å²) >= 11 is 3.28. The summed E-state index contributed by atoms with van der Waals surface area (Å²) in [4.78, 5) is 0. The van der Waals surface area contributed by atoms with Gasteiger partial charge in [0.05, 0.1) is 6.61 Å². The lowest BCUT2D eigenvalue weighted by Crippen LogP contribution is -2.09. The van der Waals surface area contributed by atoms with Crippen LogP contribution >= 0.6 is 15.9 Å². The molecule has 1 N–H and O–H groups in total. The van der Waals surface area contributed by atoms with Gasteiger partial charge in [-0.1, -0.05) is 34.1 Å². The van der Waals surface area contributed by atoms with E-state index in [1.54, 1.807) is 43.5 Å². The van der Waals surface area contributed by atoms with Crippen molar-refractivity contribution in [2.24, 2.45) is 0 Å². The number of hydrogen-bond acceptors (Lipinski definition) is 3. The number of benzene rings is 2. The summed E-state index contributed by atoms with van der Waals surface area (Å²) in [6, 6.07) is 11.5. The van der Waals surface area contributed by atoms with Gasteiger partial charge < -0.3 is 14.6 Å². The molecule has 1 atom stereocenters. The summed E-state index contributed by atoms with van der Waals surface area (Å²) < 4.78 is 25.1. The average molecular weight is 355 g/mol. The van der Waals surface area contributed by atoms with Gasteiger partial charge in [-0.15, -0.1) is 0 Å². The highest BCUT2D eigenvalue weighted by Gasteiger charge is 2.19. The molecule has 21 heavy (non-hydrogen) atoms. The third-order valence-corrected chi connectivity index (χ3v) is 3.50. The highest BCUT2D eigenvalue weighted by Crippen LogP contribution is 2.32. The molecule has 0 amide bonds. The molecule has 2 aromatic rings. The monoisotopic (exact) mass is 354 g/mol.